The van der Waals surface area contributed by atoms with E-state index < -0.39 is 4.92 Å². The lowest BCUT2D eigenvalue weighted by molar-refractivity contribution is -0.385. The first-order valence-corrected chi connectivity index (χ1v) is 4.75. The van der Waals surface area contributed by atoms with Crippen LogP contribution in [-0.2, 0) is 5.88 Å². The smallest absolute Gasteiger partial charge is 0.258 e. The van der Waals surface area contributed by atoms with Crippen molar-refractivity contribution in [2.45, 2.75) is 5.88 Å². The third kappa shape index (κ3) is 2.07. The number of nitro groups is 1. The van der Waals surface area contributed by atoms with Crippen molar-refractivity contribution >= 4 is 39.9 Å². The molecular formula is C7H5ClINO2. The number of nitro benzene ring substituents is 1. The second kappa shape index (κ2) is 4.04. The van der Waals surface area contributed by atoms with Gasteiger partial charge in [-0.05, 0) is 34.7 Å². The molecule has 0 aromatic heterocycles. The Morgan fingerprint density at radius 2 is 2.25 bits per heavy atom. The Hall–Kier alpha value is -0.360. The fourth-order valence-electron chi connectivity index (χ4n) is 0.839. The Labute approximate surface area is 88.0 Å². The van der Waals surface area contributed by atoms with Gasteiger partial charge in [-0.2, -0.15) is 0 Å². The lowest BCUT2D eigenvalue weighted by atomic mass is 10.2. The summed E-state index contributed by atoms with van der Waals surface area (Å²) in [5, 5.41) is 10.4. The summed E-state index contributed by atoms with van der Waals surface area (Å²) < 4.78 is 0.953. The summed E-state index contributed by atoms with van der Waals surface area (Å²) in [6.45, 7) is 0. The molecule has 0 heterocycles. The number of benzene rings is 1. The normalized spacial score (nSPS) is 9.83. The molecule has 0 aliphatic carbocycles. The Bertz CT molecular complexity index is 316. The molecule has 3 nitrogen and oxygen atoms in total. The van der Waals surface area contributed by atoms with Gasteiger partial charge in [0.25, 0.3) is 5.69 Å². The summed E-state index contributed by atoms with van der Waals surface area (Å²) in [6.07, 6.45) is 0. The number of rotatable bonds is 2. The van der Waals surface area contributed by atoms with Crippen molar-refractivity contribution in [2.75, 3.05) is 0 Å². The first-order chi connectivity index (χ1) is 5.65. The van der Waals surface area contributed by atoms with E-state index in [1.54, 1.807) is 12.1 Å². The first-order valence-electron chi connectivity index (χ1n) is 3.14. The van der Waals surface area contributed by atoms with Gasteiger partial charge >= 0.3 is 0 Å². The lowest BCUT2D eigenvalue weighted by Gasteiger charge is -1.98. The molecule has 0 N–H and O–H groups in total. The van der Waals surface area contributed by atoms with Crippen molar-refractivity contribution in [3.63, 3.8) is 0 Å². The van der Waals surface area contributed by atoms with Crippen LogP contribution >= 0.6 is 34.2 Å². The molecule has 0 unspecified atom stereocenters. The number of halogens is 2. The van der Waals surface area contributed by atoms with Gasteiger partial charge in [0, 0.05) is 15.2 Å². The molecule has 64 valence electrons. The third-order valence-corrected chi connectivity index (χ3v) is 2.34. The van der Waals surface area contributed by atoms with Crippen LogP contribution in [0.1, 0.15) is 5.56 Å². The topological polar surface area (TPSA) is 43.1 Å². The molecule has 0 saturated heterocycles. The van der Waals surface area contributed by atoms with Crippen molar-refractivity contribution in [3.05, 3.63) is 37.4 Å². The molecule has 0 atom stereocenters. The Morgan fingerprint density at radius 3 is 2.75 bits per heavy atom. The molecule has 0 fully saturated rings. The highest BCUT2D eigenvalue weighted by Crippen LogP contribution is 2.22. The minimum absolute atomic E-state index is 0.0883. The maximum Gasteiger partial charge on any atom is 0.273 e. The Morgan fingerprint density at radius 1 is 1.58 bits per heavy atom. The fraction of sp³-hybridized carbons (Fsp3) is 0.143. The highest BCUT2D eigenvalue weighted by Gasteiger charge is 2.11. The molecule has 0 aliphatic rings. The third-order valence-electron chi connectivity index (χ3n) is 1.38. The second-order valence-corrected chi connectivity index (χ2v) is 3.68. The zero-order valence-corrected chi connectivity index (χ0v) is 8.87. The fourth-order valence-corrected chi connectivity index (χ4v) is 1.61. The van der Waals surface area contributed by atoms with E-state index in [0.717, 1.165) is 3.57 Å². The molecule has 0 radical (unpaired) electrons. The van der Waals surface area contributed by atoms with Gasteiger partial charge in [-0.15, -0.1) is 11.6 Å². The quantitative estimate of drug-likeness (QED) is 0.364. The zero-order chi connectivity index (χ0) is 9.14. The molecule has 0 amide bonds. The minimum Gasteiger partial charge on any atom is -0.258 e. The molecule has 1 rings (SSSR count). The summed E-state index contributed by atoms with van der Waals surface area (Å²) in [5.41, 5.74) is 0.652. The predicted octanol–water partition coefficient (Wildman–Crippen LogP) is 2.94. The SMILES string of the molecule is O=[N+]([O-])c1ccc(I)cc1CCl. The van der Waals surface area contributed by atoms with Gasteiger partial charge in [0.2, 0.25) is 0 Å². The molecule has 1 aromatic rings. The Balaban J connectivity index is 3.20. The average Bonchev–Trinajstić information content (AvgIpc) is 2.03. The van der Waals surface area contributed by atoms with Gasteiger partial charge < -0.3 is 0 Å². The van der Waals surface area contributed by atoms with Crippen LogP contribution < -0.4 is 0 Å². The molecule has 0 spiro atoms. The second-order valence-electron chi connectivity index (χ2n) is 2.16. The average molecular weight is 297 g/mol. The van der Waals surface area contributed by atoms with Gasteiger partial charge in [0.05, 0.1) is 10.8 Å². The lowest BCUT2D eigenvalue weighted by Crippen LogP contribution is -1.93. The van der Waals surface area contributed by atoms with Gasteiger partial charge in [0.1, 0.15) is 0 Å². The largest absolute Gasteiger partial charge is 0.273 e. The van der Waals surface area contributed by atoms with Gasteiger partial charge in [-0.1, -0.05) is 0 Å². The van der Waals surface area contributed by atoms with E-state index in [1.807, 2.05) is 0 Å². The van der Waals surface area contributed by atoms with Gasteiger partial charge in [0.15, 0.2) is 0 Å². The molecular weight excluding hydrogens is 292 g/mol. The van der Waals surface area contributed by atoms with Crippen LogP contribution in [0.3, 0.4) is 0 Å². The molecule has 1 aromatic carbocycles. The van der Waals surface area contributed by atoms with Crippen LogP contribution in [-0.4, -0.2) is 4.92 Å². The monoisotopic (exact) mass is 297 g/mol. The van der Waals surface area contributed by atoms with Crippen LogP contribution in [0.5, 0.6) is 0 Å². The van der Waals surface area contributed by atoms with Crippen molar-refractivity contribution in [2.24, 2.45) is 0 Å². The number of alkyl halides is 1. The van der Waals surface area contributed by atoms with Crippen molar-refractivity contribution in [1.29, 1.82) is 0 Å². The van der Waals surface area contributed by atoms with E-state index in [9.17, 15) is 10.1 Å². The van der Waals surface area contributed by atoms with E-state index in [2.05, 4.69) is 22.6 Å². The number of hydrogen-bond donors (Lipinski definition) is 0. The maximum absolute atomic E-state index is 10.4. The van der Waals surface area contributed by atoms with E-state index in [4.69, 9.17) is 11.6 Å². The summed E-state index contributed by atoms with van der Waals surface area (Å²) in [5.74, 6) is 0.174. The summed E-state index contributed by atoms with van der Waals surface area (Å²) >= 11 is 7.63. The van der Waals surface area contributed by atoms with E-state index in [-0.39, 0.29) is 11.6 Å². The van der Waals surface area contributed by atoms with Gasteiger partial charge in [-0.25, -0.2) is 0 Å². The van der Waals surface area contributed by atoms with E-state index in [1.165, 1.54) is 6.07 Å². The van der Waals surface area contributed by atoms with Crippen molar-refractivity contribution in [1.82, 2.24) is 0 Å². The molecule has 0 bridgehead atoms. The van der Waals surface area contributed by atoms with Crippen LogP contribution in [0, 0.1) is 13.7 Å². The molecule has 5 heteroatoms. The highest BCUT2D eigenvalue weighted by molar-refractivity contribution is 14.1. The summed E-state index contributed by atoms with van der Waals surface area (Å²) in [6, 6.07) is 4.87. The minimum atomic E-state index is -0.423. The van der Waals surface area contributed by atoms with E-state index in [0.29, 0.717) is 5.56 Å². The van der Waals surface area contributed by atoms with Crippen molar-refractivity contribution < 1.29 is 4.92 Å². The summed E-state index contributed by atoms with van der Waals surface area (Å²) in [4.78, 5) is 10.0. The Kier molecular flexibility index (Phi) is 3.28. The summed E-state index contributed by atoms with van der Waals surface area (Å²) in [7, 11) is 0. The molecule has 0 saturated carbocycles. The molecule has 12 heavy (non-hydrogen) atoms. The maximum atomic E-state index is 10.4. The number of hydrogen-bond acceptors (Lipinski definition) is 2. The standard InChI is InChI=1S/C7H5ClINO2/c8-4-5-3-6(9)1-2-7(5)10(11)12/h1-3H,4H2. The zero-order valence-electron chi connectivity index (χ0n) is 5.96. The first kappa shape index (κ1) is 9.73. The van der Waals surface area contributed by atoms with E-state index >= 15 is 0 Å². The van der Waals surface area contributed by atoms with Crippen LogP contribution in [0.4, 0.5) is 5.69 Å². The van der Waals surface area contributed by atoms with Crippen LogP contribution in [0.15, 0.2) is 18.2 Å². The highest BCUT2D eigenvalue weighted by atomic mass is 127. The van der Waals surface area contributed by atoms with Crippen LogP contribution in [0.2, 0.25) is 0 Å². The van der Waals surface area contributed by atoms with Crippen LogP contribution in [0.25, 0.3) is 0 Å². The number of nitrogens with zero attached hydrogens (tertiary/aromatic N) is 1. The molecule has 0 aliphatic heterocycles. The predicted molar refractivity (Wildman–Crippen MR) is 55.4 cm³/mol. The van der Waals surface area contributed by atoms with Crippen molar-refractivity contribution in [3.8, 4) is 0 Å². The van der Waals surface area contributed by atoms with Gasteiger partial charge in [-0.3, -0.25) is 10.1 Å².